The van der Waals surface area contributed by atoms with Gasteiger partial charge in [0.15, 0.2) is 0 Å². The van der Waals surface area contributed by atoms with Gasteiger partial charge in [-0.05, 0) is 24.3 Å². The van der Waals surface area contributed by atoms with Crippen LogP contribution < -0.4 is 10.6 Å². The molecule has 1 aliphatic rings. The average Bonchev–Trinajstić information content (AvgIpc) is 3.22. The summed E-state index contributed by atoms with van der Waals surface area (Å²) in [5.74, 6) is 1.77. The minimum atomic E-state index is 0.390. The maximum atomic E-state index is 5.99. The summed E-state index contributed by atoms with van der Waals surface area (Å²) >= 11 is 5.99. The third kappa shape index (κ3) is 3.39. The number of benzene rings is 1. The summed E-state index contributed by atoms with van der Waals surface area (Å²) in [5, 5.41) is 0.390. The number of aromatic nitrogens is 2. The standard InChI is InChI=1S/C15H17ClN4/c16-13-8-14(17)19-15(18-13)20(10-12-6-7-12)9-11-4-2-1-3-5-11/h1-5,8,12H,6-7,9-10H2,(H2,17,18,19). The van der Waals surface area contributed by atoms with E-state index in [9.17, 15) is 0 Å². The van der Waals surface area contributed by atoms with E-state index in [0.29, 0.717) is 16.9 Å². The molecule has 0 bridgehead atoms. The van der Waals surface area contributed by atoms with Crippen molar-refractivity contribution in [2.24, 2.45) is 5.92 Å². The molecule has 0 spiro atoms. The highest BCUT2D eigenvalue weighted by Crippen LogP contribution is 2.31. The van der Waals surface area contributed by atoms with Crippen LogP contribution in [0.4, 0.5) is 11.8 Å². The second-order valence-corrected chi connectivity index (χ2v) is 5.61. The number of nitrogens with zero attached hydrogens (tertiary/aromatic N) is 3. The maximum absolute atomic E-state index is 5.99. The highest BCUT2D eigenvalue weighted by atomic mass is 35.5. The molecule has 0 atom stereocenters. The molecule has 1 aromatic heterocycles. The lowest BCUT2D eigenvalue weighted by molar-refractivity contribution is 0.701. The number of rotatable bonds is 5. The average molecular weight is 289 g/mol. The van der Waals surface area contributed by atoms with Gasteiger partial charge < -0.3 is 10.6 Å². The van der Waals surface area contributed by atoms with Crippen molar-refractivity contribution in [2.45, 2.75) is 19.4 Å². The molecular weight excluding hydrogens is 272 g/mol. The summed E-state index contributed by atoms with van der Waals surface area (Å²) in [4.78, 5) is 10.8. The fourth-order valence-corrected chi connectivity index (χ4v) is 2.38. The van der Waals surface area contributed by atoms with E-state index in [1.54, 1.807) is 6.07 Å². The Bertz CT molecular complexity index is 563. The van der Waals surface area contributed by atoms with Gasteiger partial charge in [-0.2, -0.15) is 4.98 Å². The van der Waals surface area contributed by atoms with Crippen LogP contribution >= 0.6 is 11.6 Å². The topological polar surface area (TPSA) is 55.0 Å². The van der Waals surface area contributed by atoms with E-state index in [2.05, 4.69) is 27.0 Å². The molecule has 0 unspecified atom stereocenters. The van der Waals surface area contributed by atoms with Crippen LogP contribution in [0.25, 0.3) is 0 Å². The number of nitrogen functional groups attached to an aromatic ring is 1. The zero-order chi connectivity index (χ0) is 13.9. The summed E-state index contributed by atoms with van der Waals surface area (Å²) in [6, 6.07) is 11.9. The first-order chi connectivity index (χ1) is 9.70. The van der Waals surface area contributed by atoms with Crippen LogP contribution in [0.5, 0.6) is 0 Å². The van der Waals surface area contributed by atoms with Gasteiger partial charge in [0.1, 0.15) is 11.0 Å². The van der Waals surface area contributed by atoms with E-state index < -0.39 is 0 Å². The Morgan fingerprint density at radius 3 is 2.60 bits per heavy atom. The summed E-state index contributed by atoms with van der Waals surface area (Å²) in [5.41, 5.74) is 7.01. The van der Waals surface area contributed by atoms with Crippen LogP contribution in [0.2, 0.25) is 5.15 Å². The number of halogens is 1. The molecule has 2 N–H and O–H groups in total. The van der Waals surface area contributed by atoms with E-state index in [1.165, 1.54) is 18.4 Å². The fourth-order valence-electron chi connectivity index (χ4n) is 2.20. The Hall–Kier alpha value is -1.81. The Balaban J connectivity index is 1.84. The van der Waals surface area contributed by atoms with Crippen molar-refractivity contribution in [3.05, 3.63) is 47.1 Å². The molecule has 1 fully saturated rings. The predicted molar refractivity (Wildman–Crippen MR) is 81.7 cm³/mol. The lowest BCUT2D eigenvalue weighted by atomic mass is 10.2. The SMILES string of the molecule is Nc1cc(Cl)nc(N(Cc2ccccc2)CC2CC2)n1. The Morgan fingerprint density at radius 1 is 1.20 bits per heavy atom. The Kier molecular flexibility index (Phi) is 3.74. The first-order valence-corrected chi connectivity index (χ1v) is 7.17. The highest BCUT2D eigenvalue weighted by Gasteiger charge is 2.26. The van der Waals surface area contributed by atoms with Crippen LogP contribution in [0, 0.1) is 5.92 Å². The van der Waals surface area contributed by atoms with Crippen molar-refractivity contribution < 1.29 is 0 Å². The van der Waals surface area contributed by atoms with Gasteiger partial charge in [-0.15, -0.1) is 0 Å². The van der Waals surface area contributed by atoms with Gasteiger partial charge in [0, 0.05) is 19.2 Å². The summed E-state index contributed by atoms with van der Waals surface area (Å²) in [6.45, 7) is 1.73. The maximum Gasteiger partial charge on any atom is 0.229 e. The summed E-state index contributed by atoms with van der Waals surface area (Å²) in [6.07, 6.45) is 2.56. The van der Waals surface area contributed by atoms with E-state index in [4.69, 9.17) is 17.3 Å². The molecule has 0 radical (unpaired) electrons. The lowest BCUT2D eigenvalue weighted by Crippen LogP contribution is -2.27. The molecule has 4 nitrogen and oxygen atoms in total. The van der Waals surface area contributed by atoms with Crippen LogP contribution in [0.1, 0.15) is 18.4 Å². The number of nitrogens with two attached hydrogens (primary N) is 1. The summed E-state index contributed by atoms with van der Waals surface area (Å²) in [7, 11) is 0. The first kappa shape index (κ1) is 13.2. The third-order valence-corrected chi connectivity index (χ3v) is 3.57. The fraction of sp³-hybridized carbons (Fsp3) is 0.333. The van der Waals surface area contributed by atoms with Gasteiger partial charge in [0.25, 0.3) is 0 Å². The normalized spacial score (nSPS) is 14.2. The lowest BCUT2D eigenvalue weighted by Gasteiger charge is -2.23. The quantitative estimate of drug-likeness (QED) is 0.859. The smallest absolute Gasteiger partial charge is 0.229 e. The second kappa shape index (κ2) is 5.67. The molecule has 104 valence electrons. The van der Waals surface area contributed by atoms with E-state index in [-0.39, 0.29) is 0 Å². The van der Waals surface area contributed by atoms with Crippen LogP contribution in [0.3, 0.4) is 0 Å². The molecule has 1 heterocycles. The minimum Gasteiger partial charge on any atom is -0.383 e. The molecule has 0 aliphatic heterocycles. The molecular formula is C15H17ClN4. The Labute approximate surface area is 123 Å². The molecule has 3 rings (SSSR count). The monoisotopic (exact) mass is 288 g/mol. The van der Waals surface area contributed by atoms with Gasteiger partial charge >= 0.3 is 0 Å². The van der Waals surface area contributed by atoms with Crippen LogP contribution in [-0.4, -0.2) is 16.5 Å². The predicted octanol–water partition coefficient (Wildman–Crippen LogP) is 3.13. The van der Waals surface area contributed by atoms with Crippen LogP contribution in [-0.2, 0) is 6.54 Å². The Morgan fingerprint density at radius 2 is 1.95 bits per heavy atom. The first-order valence-electron chi connectivity index (χ1n) is 6.79. The van der Waals surface area contributed by atoms with E-state index in [0.717, 1.165) is 19.0 Å². The number of anilines is 2. The van der Waals surface area contributed by atoms with E-state index in [1.807, 2.05) is 18.2 Å². The molecule has 1 aliphatic carbocycles. The van der Waals surface area contributed by atoms with Crippen molar-refractivity contribution in [2.75, 3.05) is 17.2 Å². The highest BCUT2D eigenvalue weighted by molar-refractivity contribution is 6.29. The molecule has 2 aromatic rings. The summed E-state index contributed by atoms with van der Waals surface area (Å²) < 4.78 is 0. The number of hydrogen-bond donors (Lipinski definition) is 1. The molecule has 0 amide bonds. The van der Waals surface area contributed by atoms with Crippen molar-refractivity contribution in [3.8, 4) is 0 Å². The minimum absolute atomic E-state index is 0.390. The van der Waals surface area contributed by atoms with Gasteiger partial charge in [0.05, 0.1) is 0 Å². The molecule has 20 heavy (non-hydrogen) atoms. The van der Waals surface area contributed by atoms with Gasteiger partial charge in [0.2, 0.25) is 5.95 Å². The molecule has 0 saturated heterocycles. The zero-order valence-electron chi connectivity index (χ0n) is 11.2. The van der Waals surface area contributed by atoms with Crippen LogP contribution in [0.15, 0.2) is 36.4 Å². The van der Waals surface area contributed by atoms with Gasteiger partial charge in [-0.25, -0.2) is 4.98 Å². The number of hydrogen-bond acceptors (Lipinski definition) is 4. The van der Waals surface area contributed by atoms with Crippen molar-refractivity contribution in [3.63, 3.8) is 0 Å². The third-order valence-electron chi connectivity index (χ3n) is 3.38. The van der Waals surface area contributed by atoms with Crippen molar-refractivity contribution in [1.29, 1.82) is 0 Å². The molecule has 5 heteroatoms. The molecule has 1 saturated carbocycles. The second-order valence-electron chi connectivity index (χ2n) is 5.23. The molecule has 1 aromatic carbocycles. The van der Waals surface area contributed by atoms with Crippen molar-refractivity contribution >= 4 is 23.4 Å². The largest absolute Gasteiger partial charge is 0.383 e. The van der Waals surface area contributed by atoms with Crippen molar-refractivity contribution in [1.82, 2.24) is 9.97 Å². The van der Waals surface area contributed by atoms with Gasteiger partial charge in [-0.1, -0.05) is 41.9 Å². The van der Waals surface area contributed by atoms with E-state index >= 15 is 0 Å². The van der Waals surface area contributed by atoms with Gasteiger partial charge in [-0.3, -0.25) is 0 Å². The zero-order valence-corrected chi connectivity index (χ0v) is 11.9.